The maximum absolute atomic E-state index is 5.57. The maximum atomic E-state index is 5.57. The maximum Gasteiger partial charge on any atom is 0.226 e. The zero-order valence-corrected chi connectivity index (χ0v) is 11.2. The van der Waals surface area contributed by atoms with Crippen LogP contribution in [-0.4, -0.2) is 24.4 Å². The van der Waals surface area contributed by atoms with E-state index in [0.29, 0.717) is 35.4 Å². The van der Waals surface area contributed by atoms with Crippen molar-refractivity contribution in [2.75, 3.05) is 14.2 Å². The molecule has 0 unspecified atom stereocenters. The summed E-state index contributed by atoms with van der Waals surface area (Å²) in [5.74, 6) is 3.04. The van der Waals surface area contributed by atoms with Crippen LogP contribution >= 0.6 is 0 Å². The fourth-order valence-electron chi connectivity index (χ4n) is 1.55. The van der Waals surface area contributed by atoms with Crippen molar-refractivity contribution in [2.45, 2.75) is 20.0 Å². The van der Waals surface area contributed by atoms with E-state index in [-0.39, 0.29) is 6.61 Å². The van der Waals surface area contributed by atoms with Crippen molar-refractivity contribution in [1.82, 2.24) is 10.1 Å². The molecule has 0 fully saturated rings. The second-order valence-corrected chi connectivity index (χ2v) is 3.76. The normalized spacial score (nSPS) is 10.3. The average Bonchev–Trinajstić information content (AvgIpc) is 2.92. The van der Waals surface area contributed by atoms with E-state index in [1.165, 1.54) is 0 Å². The molecule has 19 heavy (non-hydrogen) atoms. The summed E-state index contributed by atoms with van der Waals surface area (Å²) in [6.45, 7) is 2.20. The molecule has 102 valence electrons. The van der Waals surface area contributed by atoms with Gasteiger partial charge < -0.3 is 18.7 Å². The molecule has 2 aromatic rings. The molecule has 0 saturated carbocycles. The molecule has 0 spiro atoms. The lowest BCUT2D eigenvalue weighted by molar-refractivity contribution is 0.281. The van der Waals surface area contributed by atoms with Crippen molar-refractivity contribution in [3.8, 4) is 17.2 Å². The summed E-state index contributed by atoms with van der Waals surface area (Å²) in [7, 11) is 3.16. The highest BCUT2D eigenvalue weighted by Crippen LogP contribution is 2.31. The van der Waals surface area contributed by atoms with Crippen LogP contribution in [-0.2, 0) is 13.0 Å². The van der Waals surface area contributed by atoms with Gasteiger partial charge in [-0.1, -0.05) is 12.1 Å². The first-order chi connectivity index (χ1) is 9.26. The molecule has 0 amide bonds. The van der Waals surface area contributed by atoms with Crippen LogP contribution < -0.4 is 14.2 Å². The third kappa shape index (κ3) is 3.15. The number of benzene rings is 1. The summed E-state index contributed by atoms with van der Waals surface area (Å²) in [4.78, 5) is 4.16. The molecule has 1 heterocycles. The molecular weight excluding hydrogens is 248 g/mol. The Labute approximate surface area is 111 Å². The summed E-state index contributed by atoms with van der Waals surface area (Å²) >= 11 is 0. The summed E-state index contributed by atoms with van der Waals surface area (Å²) < 4.78 is 20.9. The van der Waals surface area contributed by atoms with Crippen LogP contribution in [0.4, 0.5) is 0 Å². The van der Waals surface area contributed by atoms with E-state index in [0.717, 1.165) is 0 Å². The molecule has 0 aliphatic carbocycles. The molecule has 6 heteroatoms. The predicted molar refractivity (Wildman–Crippen MR) is 67.6 cm³/mol. The zero-order chi connectivity index (χ0) is 13.7. The Kier molecular flexibility index (Phi) is 4.22. The molecule has 0 aliphatic rings. The van der Waals surface area contributed by atoms with Gasteiger partial charge in [-0.15, -0.1) is 0 Å². The quantitative estimate of drug-likeness (QED) is 0.797. The Morgan fingerprint density at radius 3 is 2.58 bits per heavy atom. The van der Waals surface area contributed by atoms with Gasteiger partial charge in [0.1, 0.15) is 5.75 Å². The summed E-state index contributed by atoms with van der Waals surface area (Å²) in [6, 6.07) is 5.32. The van der Waals surface area contributed by atoms with Crippen molar-refractivity contribution < 1.29 is 18.7 Å². The number of ether oxygens (including phenoxy) is 3. The lowest BCUT2D eigenvalue weighted by Gasteiger charge is -2.09. The molecule has 0 N–H and O–H groups in total. The van der Waals surface area contributed by atoms with Gasteiger partial charge in [0.05, 0.1) is 14.2 Å². The van der Waals surface area contributed by atoms with E-state index in [1.807, 2.05) is 6.92 Å². The lowest BCUT2D eigenvalue weighted by atomic mass is 10.3. The van der Waals surface area contributed by atoms with E-state index < -0.39 is 0 Å². The minimum atomic E-state index is 0.249. The van der Waals surface area contributed by atoms with Crippen molar-refractivity contribution in [3.63, 3.8) is 0 Å². The van der Waals surface area contributed by atoms with Crippen LogP contribution in [0, 0.1) is 0 Å². The number of methoxy groups -OCH3 is 2. The fourth-order valence-corrected chi connectivity index (χ4v) is 1.55. The predicted octanol–water partition coefficient (Wildman–Crippen LogP) is 2.23. The Morgan fingerprint density at radius 1 is 1.16 bits per heavy atom. The van der Waals surface area contributed by atoms with E-state index in [9.17, 15) is 0 Å². The van der Waals surface area contributed by atoms with Gasteiger partial charge in [-0.05, 0) is 12.1 Å². The highest BCUT2D eigenvalue weighted by molar-refractivity contribution is 5.45. The molecule has 0 bridgehead atoms. The molecule has 0 radical (unpaired) electrons. The monoisotopic (exact) mass is 264 g/mol. The number of rotatable bonds is 6. The third-order valence-electron chi connectivity index (χ3n) is 2.54. The van der Waals surface area contributed by atoms with E-state index in [1.54, 1.807) is 32.4 Å². The fraction of sp³-hybridized carbons (Fsp3) is 0.385. The lowest BCUT2D eigenvalue weighted by Crippen LogP contribution is -1.98. The topological polar surface area (TPSA) is 66.6 Å². The van der Waals surface area contributed by atoms with Crippen LogP contribution in [0.5, 0.6) is 17.2 Å². The minimum Gasteiger partial charge on any atom is -0.493 e. The number of hydrogen-bond acceptors (Lipinski definition) is 6. The van der Waals surface area contributed by atoms with Gasteiger partial charge in [0.25, 0.3) is 0 Å². The molecule has 0 aliphatic heterocycles. The van der Waals surface area contributed by atoms with Gasteiger partial charge >= 0.3 is 0 Å². The SMILES string of the molecule is CCc1nc(COc2ccc(OC)c(OC)c2)no1. The summed E-state index contributed by atoms with van der Waals surface area (Å²) in [6.07, 6.45) is 0.712. The van der Waals surface area contributed by atoms with Gasteiger partial charge in [-0.3, -0.25) is 0 Å². The van der Waals surface area contributed by atoms with Crippen LogP contribution in [0.2, 0.25) is 0 Å². The van der Waals surface area contributed by atoms with Crippen molar-refractivity contribution in [1.29, 1.82) is 0 Å². The third-order valence-corrected chi connectivity index (χ3v) is 2.54. The van der Waals surface area contributed by atoms with E-state index in [4.69, 9.17) is 18.7 Å². The Balaban J connectivity index is 2.03. The van der Waals surface area contributed by atoms with Gasteiger partial charge in [-0.25, -0.2) is 0 Å². The van der Waals surface area contributed by atoms with Crippen LogP contribution in [0.3, 0.4) is 0 Å². The zero-order valence-electron chi connectivity index (χ0n) is 11.2. The van der Waals surface area contributed by atoms with E-state index in [2.05, 4.69) is 10.1 Å². The number of hydrogen-bond donors (Lipinski definition) is 0. The van der Waals surface area contributed by atoms with E-state index >= 15 is 0 Å². The Hall–Kier alpha value is -2.24. The first-order valence-electron chi connectivity index (χ1n) is 5.93. The molecular formula is C13H16N2O4. The standard InChI is InChI=1S/C13H16N2O4/c1-4-13-14-12(15-19-13)8-18-9-5-6-10(16-2)11(7-9)17-3/h5-7H,4,8H2,1-3H3. The summed E-state index contributed by atoms with van der Waals surface area (Å²) in [5.41, 5.74) is 0. The van der Waals surface area contributed by atoms with Crippen molar-refractivity contribution in [2.24, 2.45) is 0 Å². The highest BCUT2D eigenvalue weighted by atomic mass is 16.5. The number of nitrogens with zero attached hydrogens (tertiary/aromatic N) is 2. The first kappa shape index (κ1) is 13.2. The first-order valence-corrected chi connectivity index (χ1v) is 5.93. The Morgan fingerprint density at radius 2 is 1.95 bits per heavy atom. The Bertz CT molecular complexity index is 539. The largest absolute Gasteiger partial charge is 0.493 e. The van der Waals surface area contributed by atoms with Crippen LogP contribution in [0.15, 0.2) is 22.7 Å². The molecule has 0 atom stereocenters. The number of aromatic nitrogens is 2. The van der Waals surface area contributed by atoms with Gasteiger partial charge in [0.15, 0.2) is 18.1 Å². The van der Waals surface area contributed by atoms with Gasteiger partial charge in [0.2, 0.25) is 11.7 Å². The van der Waals surface area contributed by atoms with Crippen molar-refractivity contribution >= 4 is 0 Å². The highest BCUT2D eigenvalue weighted by Gasteiger charge is 2.08. The second-order valence-electron chi connectivity index (χ2n) is 3.76. The molecule has 0 saturated heterocycles. The molecule has 2 rings (SSSR count). The van der Waals surface area contributed by atoms with Crippen LogP contribution in [0.25, 0.3) is 0 Å². The summed E-state index contributed by atoms with van der Waals surface area (Å²) in [5, 5.41) is 3.81. The van der Waals surface area contributed by atoms with Crippen LogP contribution in [0.1, 0.15) is 18.6 Å². The molecule has 1 aromatic carbocycles. The average molecular weight is 264 g/mol. The smallest absolute Gasteiger partial charge is 0.226 e. The van der Waals surface area contributed by atoms with Crippen molar-refractivity contribution in [3.05, 3.63) is 29.9 Å². The second kappa shape index (κ2) is 6.08. The molecule has 6 nitrogen and oxygen atoms in total. The number of aryl methyl sites for hydroxylation is 1. The molecule has 1 aromatic heterocycles. The van der Waals surface area contributed by atoms with Gasteiger partial charge in [0, 0.05) is 12.5 Å². The minimum absolute atomic E-state index is 0.249. The van der Waals surface area contributed by atoms with Gasteiger partial charge in [-0.2, -0.15) is 4.98 Å².